The number of pyridine rings is 1. The Balaban J connectivity index is 1.56. The lowest BCUT2D eigenvalue weighted by atomic mass is 10.0. The van der Waals surface area contributed by atoms with Crippen LogP contribution in [0, 0.1) is 0 Å². The quantitative estimate of drug-likeness (QED) is 0.332. The van der Waals surface area contributed by atoms with Crippen LogP contribution in [-0.2, 0) is 9.53 Å². The Hall–Kier alpha value is -4.21. The zero-order valence-corrected chi connectivity index (χ0v) is 21.3. The zero-order chi connectivity index (χ0) is 25.8. The van der Waals surface area contributed by atoms with Crippen molar-refractivity contribution in [3.05, 3.63) is 103 Å². The van der Waals surface area contributed by atoms with E-state index in [4.69, 9.17) is 21.7 Å². The van der Waals surface area contributed by atoms with Crippen molar-refractivity contribution in [1.29, 1.82) is 0 Å². The van der Waals surface area contributed by atoms with Gasteiger partial charge in [-0.2, -0.15) is 0 Å². The van der Waals surface area contributed by atoms with E-state index >= 15 is 0 Å². The van der Waals surface area contributed by atoms with Crippen molar-refractivity contribution in [2.24, 2.45) is 0 Å². The van der Waals surface area contributed by atoms with E-state index in [1.165, 1.54) is 7.11 Å². The SMILES string of the molecule is COCC(=O)Nc1ccc(N2C(=S)N[C@H](c3ccccn3)[C@H]2c2cccn2-c2cccc(OC)c2)cc1. The summed E-state index contributed by atoms with van der Waals surface area (Å²) in [4.78, 5) is 18.7. The van der Waals surface area contributed by atoms with E-state index < -0.39 is 0 Å². The van der Waals surface area contributed by atoms with Gasteiger partial charge in [-0.15, -0.1) is 0 Å². The van der Waals surface area contributed by atoms with Gasteiger partial charge in [0, 0.05) is 48.3 Å². The van der Waals surface area contributed by atoms with Gasteiger partial charge in [-0.3, -0.25) is 9.78 Å². The normalized spacial score (nSPS) is 16.9. The number of carbonyl (C=O) groups is 1. The molecule has 0 saturated carbocycles. The molecule has 1 saturated heterocycles. The number of nitrogens with zero attached hydrogens (tertiary/aromatic N) is 3. The molecule has 0 spiro atoms. The molecule has 3 heterocycles. The number of ether oxygens (including phenoxy) is 2. The third-order valence-electron chi connectivity index (χ3n) is 6.22. The van der Waals surface area contributed by atoms with Crippen LogP contribution in [0.25, 0.3) is 5.69 Å². The van der Waals surface area contributed by atoms with Crippen LogP contribution in [0.15, 0.2) is 91.3 Å². The number of methoxy groups -OCH3 is 2. The van der Waals surface area contributed by atoms with Gasteiger partial charge >= 0.3 is 0 Å². The Bertz CT molecular complexity index is 1390. The van der Waals surface area contributed by atoms with Gasteiger partial charge in [-0.25, -0.2) is 0 Å². The highest BCUT2D eigenvalue weighted by molar-refractivity contribution is 7.80. The Kier molecular flexibility index (Phi) is 7.16. The number of nitrogens with one attached hydrogen (secondary N) is 2. The summed E-state index contributed by atoms with van der Waals surface area (Å²) >= 11 is 5.86. The molecule has 1 aliphatic rings. The molecule has 0 radical (unpaired) electrons. The van der Waals surface area contributed by atoms with Crippen LogP contribution >= 0.6 is 12.2 Å². The van der Waals surface area contributed by atoms with Crippen LogP contribution in [0.3, 0.4) is 0 Å². The minimum atomic E-state index is -0.210. The Morgan fingerprint density at radius 2 is 1.86 bits per heavy atom. The molecule has 0 aliphatic carbocycles. The maximum atomic E-state index is 11.9. The van der Waals surface area contributed by atoms with Gasteiger partial charge in [-0.1, -0.05) is 12.1 Å². The topological polar surface area (TPSA) is 80.7 Å². The van der Waals surface area contributed by atoms with Gasteiger partial charge in [-0.05, 0) is 72.9 Å². The first-order chi connectivity index (χ1) is 18.1. The molecule has 0 bridgehead atoms. The number of amides is 1. The molecular formula is C28H27N5O3S. The minimum absolute atomic E-state index is 0.00300. The first kappa shape index (κ1) is 24.5. The summed E-state index contributed by atoms with van der Waals surface area (Å²) in [5.74, 6) is 0.569. The van der Waals surface area contributed by atoms with Gasteiger partial charge in [0.15, 0.2) is 5.11 Å². The van der Waals surface area contributed by atoms with E-state index in [1.807, 2.05) is 79.0 Å². The van der Waals surface area contributed by atoms with Crippen molar-refractivity contribution in [3.8, 4) is 11.4 Å². The lowest BCUT2D eigenvalue weighted by molar-refractivity contribution is -0.119. The van der Waals surface area contributed by atoms with Crippen molar-refractivity contribution >= 4 is 34.6 Å². The number of rotatable bonds is 8. The molecule has 2 atom stereocenters. The van der Waals surface area contributed by atoms with E-state index in [0.29, 0.717) is 10.8 Å². The number of benzene rings is 2. The van der Waals surface area contributed by atoms with Crippen molar-refractivity contribution in [1.82, 2.24) is 14.9 Å². The highest BCUT2D eigenvalue weighted by Gasteiger charge is 2.42. The largest absolute Gasteiger partial charge is 0.497 e. The monoisotopic (exact) mass is 513 g/mol. The third-order valence-corrected chi connectivity index (χ3v) is 6.53. The molecule has 1 fully saturated rings. The molecule has 0 unspecified atom stereocenters. The van der Waals surface area contributed by atoms with E-state index in [2.05, 4.69) is 31.2 Å². The lowest BCUT2D eigenvalue weighted by Gasteiger charge is -2.29. The summed E-state index contributed by atoms with van der Waals surface area (Å²) in [5, 5.41) is 6.92. The fourth-order valence-corrected chi connectivity index (χ4v) is 4.94. The van der Waals surface area contributed by atoms with Gasteiger partial charge < -0.3 is 29.6 Å². The summed E-state index contributed by atoms with van der Waals surface area (Å²) in [6.45, 7) is -0.00300. The van der Waals surface area contributed by atoms with E-state index in [0.717, 1.165) is 28.5 Å². The van der Waals surface area contributed by atoms with Gasteiger partial charge in [0.05, 0.1) is 18.8 Å². The Morgan fingerprint density at radius 1 is 1.03 bits per heavy atom. The maximum Gasteiger partial charge on any atom is 0.250 e. The molecule has 2 N–H and O–H groups in total. The maximum absolute atomic E-state index is 11.9. The fraction of sp³-hybridized carbons (Fsp3) is 0.179. The van der Waals surface area contributed by atoms with Crippen LogP contribution in [0.4, 0.5) is 11.4 Å². The standard InChI is InChI=1S/C28H27N5O3S/c1-35-18-25(34)30-19-11-13-20(14-12-19)33-27(26(31-28(33)37)23-9-3-4-15-29-23)24-10-6-16-32(24)21-7-5-8-22(17-21)36-2/h3-17,26-27H,18H2,1-2H3,(H,30,34)(H,31,37)/t26-,27-/m1/s1. The molecule has 1 amide bonds. The summed E-state index contributed by atoms with van der Waals surface area (Å²) in [5.41, 5.74) is 4.48. The number of thiocarbonyl (C=S) groups is 1. The molecule has 2 aromatic carbocycles. The molecule has 1 aliphatic heterocycles. The number of carbonyl (C=O) groups excluding carboxylic acids is 1. The smallest absolute Gasteiger partial charge is 0.250 e. The molecular weight excluding hydrogens is 486 g/mol. The number of anilines is 2. The second kappa shape index (κ2) is 10.8. The van der Waals surface area contributed by atoms with Gasteiger partial charge in [0.25, 0.3) is 0 Å². The summed E-state index contributed by atoms with van der Waals surface area (Å²) in [6, 6.07) is 25.2. The van der Waals surface area contributed by atoms with Crippen LogP contribution in [-0.4, -0.2) is 41.4 Å². The average molecular weight is 514 g/mol. The molecule has 5 rings (SSSR count). The Labute approximate surface area is 220 Å². The zero-order valence-electron chi connectivity index (χ0n) is 20.5. The summed E-state index contributed by atoms with van der Waals surface area (Å²) in [6.07, 6.45) is 3.83. The fourth-order valence-electron chi connectivity index (χ4n) is 4.60. The van der Waals surface area contributed by atoms with Crippen molar-refractivity contribution in [2.75, 3.05) is 31.0 Å². The molecule has 188 valence electrons. The van der Waals surface area contributed by atoms with E-state index in [9.17, 15) is 4.79 Å². The first-order valence-electron chi connectivity index (χ1n) is 11.8. The Morgan fingerprint density at radius 3 is 2.59 bits per heavy atom. The molecule has 37 heavy (non-hydrogen) atoms. The van der Waals surface area contributed by atoms with Crippen LogP contribution in [0.2, 0.25) is 0 Å². The molecule has 4 aromatic rings. The van der Waals surface area contributed by atoms with Gasteiger partial charge in [0.1, 0.15) is 18.4 Å². The van der Waals surface area contributed by atoms with Crippen LogP contribution in [0.5, 0.6) is 5.75 Å². The third kappa shape index (κ3) is 5.04. The minimum Gasteiger partial charge on any atom is -0.497 e. The van der Waals surface area contributed by atoms with Crippen molar-refractivity contribution in [3.63, 3.8) is 0 Å². The molecule has 8 nitrogen and oxygen atoms in total. The van der Waals surface area contributed by atoms with Gasteiger partial charge in [0.2, 0.25) is 5.91 Å². The first-order valence-corrected chi connectivity index (χ1v) is 12.2. The average Bonchev–Trinajstić information content (AvgIpc) is 3.54. The predicted molar refractivity (Wildman–Crippen MR) is 147 cm³/mol. The second-order valence-electron chi connectivity index (χ2n) is 8.53. The molecule has 9 heteroatoms. The van der Waals surface area contributed by atoms with E-state index in [-0.39, 0.29) is 24.6 Å². The highest BCUT2D eigenvalue weighted by Crippen LogP contribution is 2.42. The van der Waals surface area contributed by atoms with E-state index in [1.54, 1.807) is 13.3 Å². The number of hydrogen-bond acceptors (Lipinski definition) is 5. The van der Waals surface area contributed by atoms with Crippen molar-refractivity contribution in [2.45, 2.75) is 12.1 Å². The van der Waals surface area contributed by atoms with Crippen LogP contribution in [0.1, 0.15) is 23.5 Å². The highest BCUT2D eigenvalue weighted by atomic mass is 32.1. The summed E-state index contributed by atoms with van der Waals surface area (Å²) in [7, 11) is 3.15. The lowest BCUT2D eigenvalue weighted by Crippen LogP contribution is -2.30. The number of hydrogen-bond donors (Lipinski definition) is 2. The second-order valence-corrected chi connectivity index (χ2v) is 8.92. The molecule has 2 aromatic heterocycles. The number of aromatic nitrogens is 2. The predicted octanol–water partition coefficient (Wildman–Crippen LogP) is 4.64. The van der Waals surface area contributed by atoms with Crippen molar-refractivity contribution < 1.29 is 14.3 Å². The summed E-state index contributed by atoms with van der Waals surface area (Å²) < 4.78 is 12.5. The van der Waals surface area contributed by atoms with Crippen LogP contribution < -0.4 is 20.3 Å².